The maximum Gasteiger partial charge on any atom is 0.424 e. The molecule has 0 bridgehead atoms. The molecule has 0 spiro atoms. The molecule has 4 heterocycles. The van der Waals surface area contributed by atoms with E-state index in [2.05, 4.69) is 15.3 Å². The minimum atomic E-state index is -5.33. The summed E-state index contributed by atoms with van der Waals surface area (Å²) in [5, 5.41) is 13.2. The zero-order chi connectivity index (χ0) is 29.0. The fourth-order valence-electron chi connectivity index (χ4n) is 4.45. The number of amides is 2. The second-order valence-electron chi connectivity index (χ2n) is 9.86. The van der Waals surface area contributed by atoms with Crippen molar-refractivity contribution in [3.05, 3.63) is 83.2 Å². The molecule has 3 aromatic heterocycles. The molecular weight excluding hydrogens is 534 g/mol. The predicted molar refractivity (Wildman–Crippen MR) is 134 cm³/mol. The van der Waals surface area contributed by atoms with Gasteiger partial charge in [-0.05, 0) is 55.8 Å². The van der Waals surface area contributed by atoms with Crippen LogP contribution in [0.1, 0.15) is 34.2 Å². The number of benzene rings is 1. The number of pyridine rings is 2. The number of alkyl halides is 3. The van der Waals surface area contributed by atoms with Crippen molar-refractivity contribution in [3.63, 3.8) is 0 Å². The Balaban J connectivity index is 1.58. The number of ether oxygens (including phenoxy) is 1. The first-order valence-corrected chi connectivity index (χ1v) is 12.0. The minimum Gasteiger partial charge on any atom is -0.489 e. The van der Waals surface area contributed by atoms with Crippen molar-refractivity contribution in [1.29, 1.82) is 0 Å². The lowest BCUT2D eigenvalue weighted by atomic mass is 9.81. The molecular formula is C27H23F4N5O4. The number of nitrogens with one attached hydrogen (secondary N) is 1. The van der Waals surface area contributed by atoms with Crippen LogP contribution in [0.15, 0.2) is 54.9 Å². The van der Waals surface area contributed by atoms with Gasteiger partial charge in [-0.15, -0.1) is 0 Å². The standard InChI is InChI=1S/C27H23F4N5O4/c1-14-3-8-20-34-18(11-36(20)10-14)23(37)33-12-26(39,27(29,30)31)19-9-17-22(40-13-25(17,2)24(32)38)21(35-19)15-4-6-16(28)7-5-15/h3-11,39H,12-13H2,1-2H3,(H2,32,38)(H,33,37)/t25-,26-/m0/s1. The van der Waals surface area contributed by atoms with Crippen LogP contribution in [-0.2, 0) is 15.8 Å². The van der Waals surface area contributed by atoms with Gasteiger partial charge in [0.2, 0.25) is 11.5 Å². The number of fused-ring (bicyclic) bond motifs is 2. The first kappa shape index (κ1) is 27.1. The molecule has 1 aliphatic heterocycles. The quantitative estimate of drug-likeness (QED) is 0.312. The molecule has 2 amide bonds. The van der Waals surface area contributed by atoms with E-state index < -0.39 is 47.1 Å². The Kier molecular flexibility index (Phi) is 6.29. The van der Waals surface area contributed by atoms with Gasteiger partial charge in [0.05, 0.1) is 12.2 Å². The molecule has 2 atom stereocenters. The number of hydrogen-bond acceptors (Lipinski definition) is 6. The van der Waals surface area contributed by atoms with Gasteiger partial charge >= 0.3 is 6.18 Å². The van der Waals surface area contributed by atoms with Crippen molar-refractivity contribution < 1.29 is 37.0 Å². The zero-order valence-corrected chi connectivity index (χ0v) is 21.2. The molecule has 4 aromatic rings. The zero-order valence-electron chi connectivity index (χ0n) is 21.2. The highest BCUT2D eigenvalue weighted by Crippen LogP contribution is 2.47. The van der Waals surface area contributed by atoms with Crippen LogP contribution in [0.5, 0.6) is 5.75 Å². The topological polar surface area (TPSA) is 132 Å². The Labute approximate surface area is 224 Å². The third kappa shape index (κ3) is 4.41. The number of hydrogen-bond donors (Lipinski definition) is 3. The van der Waals surface area contributed by atoms with E-state index in [-0.39, 0.29) is 34.9 Å². The Morgan fingerprint density at radius 1 is 1.15 bits per heavy atom. The summed E-state index contributed by atoms with van der Waals surface area (Å²) < 4.78 is 64.3. The second-order valence-corrected chi connectivity index (χ2v) is 9.86. The van der Waals surface area contributed by atoms with Crippen LogP contribution in [0, 0.1) is 12.7 Å². The van der Waals surface area contributed by atoms with Crippen LogP contribution < -0.4 is 15.8 Å². The van der Waals surface area contributed by atoms with Crippen molar-refractivity contribution in [2.45, 2.75) is 31.0 Å². The van der Waals surface area contributed by atoms with Crippen LogP contribution in [0.25, 0.3) is 16.9 Å². The number of primary amides is 1. The molecule has 1 aromatic carbocycles. The molecule has 0 unspecified atom stereocenters. The van der Waals surface area contributed by atoms with E-state index in [9.17, 15) is 32.3 Å². The monoisotopic (exact) mass is 557 g/mol. The van der Waals surface area contributed by atoms with Crippen molar-refractivity contribution in [2.75, 3.05) is 13.2 Å². The summed E-state index contributed by atoms with van der Waals surface area (Å²) in [6, 6.07) is 8.98. The second kappa shape index (κ2) is 9.30. The summed E-state index contributed by atoms with van der Waals surface area (Å²) in [7, 11) is 0. The molecule has 9 nitrogen and oxygen atoms in total. The lowest BCUT2D eigenvalue weighted by Crippen LogP contribution is -2.52. The molecule has 5 rings (SSSR count). The van der Waals surface area contributed by atoms with E-state index >= 15 is 0 Å². The van der Waals surface area contributed by atoms with E-state index in [1.807, 2.05) is 6.92 Å². The van der Waals surface area contributed by atoms with Gasteiger partial charge in [-0.3, -0.25) is 9.59 Å². The highest BCUT2D eigenvalue weighted by atomic mass is 19.4. The molecule has 1 aliphatic rings. The van der Waals surface area contributed by atoms with Gasteiger partial charge in [-0.2, -0.15) is 13.2 Å². The van der Waals surface area contributed by atoms with Crippen LogP contribution in [-0.4, -0.2) is 50.6 Å². The molecule has 40 heavy (non-hydrogen) atoms. The summed E-state index contributed by atoms with van der Waals surface area (Å²) in [5.74, 6) is -2.46. The molecule has 0 saturated heterocycles. The van der Waals surface area contributed by atoms with Crippen molar-refractivity contribution in [1.82, 2.24) is 19.7 Å². The van der Waals surface area contributed by atoms with Gasteiger partial charge in [-0.1, -0.05) is 6.07 Å². The van der Waals surface area contributed by atoms with Gasteiger partial charge < -0.3 is 25.3 Å². The average molecular weight is 558 g/mol. The summed E-state index contributed by atoms with van der Waals surface area (Å²) >= 11 is 0. The van der Waals surface area contributed by atoms with Crippen LogP contribution >= 0.6 is 0 Å². The summed E-state index contributed by atoms with van der Waals surface area (Å²) in [5.41, 5.74) is 0.468. The third-order valence-corrected chi connectivity index (χ3v) is 6.96. The number of rotatable bonds is 6. The number of aliphatic hydroxyl groups is 1. The fraction of sp³-hybridized carbons (Fsp3) is 0.259. The Morgan fingerprint density at radius 3 is 2.50 bits per heavy atom. The van der Waals surface area contributed by atoms with E-state index in [4.69, 9.17) is 10.5 Å². The van der Waals surface area contributed by atoms with Gasteiger partial charge in [0.15, 0.2) is 0 Å². The molecule has 0 aliphatic carbocycles. The largest absolute Gasteiger partial charge is 0.489 e. The normalized spacial score (nSPS) is 18.2. The van der Waals surface area contributed by atoms with Crippen molar-refractivity contribution in [3.8, 4) is 17.0 Å². The number of halogens is 4. The lowest BCUT2D eigenvalue weighted by molar-refractivity contribution is -0.265. The van der Waals surface area contributed by atoms with Crippen LogP contribution in [0.2, 0.25) is 0 Å². The number of nitrogens with two attached hydrogens (primary N) is 1. The number of aryl methyl sites for hydroxylation is 1. The van der Waals surface area contributed by atoms with Crippen LogP contribution in [0.4, 0.5) is 17.6 Å². The molecule has 4 N–H and O–H groups in total. The summed E-state index contributed by atoms with van der Waals surface area (Å²) in [4.78, 5) is 33.3. The van der Waals surface area contributed by atoms with E-state index in [1.54, 1.807) is 22.7 Å². The van der Waals surface area contributed by atoms with Crippen molar-refractivity contribution in [2.24, 2.45) is 5.73 Å². The van der Waals surface area contributed by atoms with Crippen LogP contribution in [0.3, 0.4) is 0 Å². The van der Waals surface area contributed by atoms with Gasteiger partial charge in [-0.25, -0.2) is 14.4 Å². The smallest absolute Gasteiger partial charge is 0.424 e. The molecule has 0 radical (unpaired) electrons. The number of carbonyl (C=O) groups excluding carboxylic acids is 2. The number of imidazole rings is 1. The van der Waals surface area contributed by atoms with Crippen molar-refractivity contribution >= 4 is 17.5 Å². The fourth-order valence-corrected chi connectivity index (χ4v) is 4.45. The maximum absolute atomic E-state index is 14.5. The molecule has 0 fully saturated rings. The molecule has 13 heteroatoms. The number of nitrogens with zero attached hydrogens (tertiary/aromatic N) is 3. The molecule has 0 saturated carbocycles. The van der Waals surface area contributed by atoms with E-state index in [0.29, 0.717) is 5.65 Å². The lowest BCUT2D eigenvalue weighted by Gasteiger charge is -2.31. The Bertz CT molecular complexity index is 1650. The predicted octanol–water partition coefficient (Wildman–Crippen LogP) is 3.16. The Hall–Kier alpha value is -4.52. The SMILES string of the molecule is Cc1ccc2nc(C(=O)NC[C@](O)(c3cc4c(c(-c5ccc(F)cc5)n3)OC[C@]4(C)C(N)=O)C(F)(F)F)cn2c1. The highest BCUT2D eigenvalue weighted by Gasteiger charge is 2.57. The summed E-state index contributed by atoms with van der Waals surface area (Å²) in [6.45, 7) is 1.59. The first-order valence-electron chi connectivity index (χ1n) is 12.0. The van der Waals surface area contributed by atoms with Gasteiger partial charge in [0.1, 0.15) is 40.6 Å². The summed E-state index contributed by atoms with van der Waals surface area (Å²) in [6.07, 6.45) is -2.30. The van der Waals surface area contributed by atoms with Gasteiger partial charge in [0.25, 0.3) is 5.91 Å². The minimum absolute atomic E-state index is 0.0230. The van der Waals surface area contributed by atoms with E-state index in [1.165, 1.54) is 25.3 Å². The van der Waals surface area contributed by atoms with E-state index in [0.717, 1.165) is 23.8 Å². The number of aromatic nitrogens is 3. The third-order valence-electron chi connectivity index (χ3n) is 6.96. The molecule has 208 valence electrons. The Morgan fingerprint density at radius 2 is 1.85 bits per heavy atom. The maximum atomic E-state index is 14.5. The highest BCUT2D eigenvalue weighted by molar-refractivity contribution is 5.93. The average Bonchev–Trinajstić information content (AvgIpc) is 3.48. The first-order chi connectivity index (χ1) is 18.7. The van der Waals surface area contributed by atoms with Gasteiger partial charge in [0, 0.05) is 23.5 Å². The number of carbonyl (C=O) groups is 2.